The van der Waals surface area contributed by atoms with E-state index in [1.54, 1.807) is 0 Å². The molecule has 0 amide bonds. The number of fused-ring (bicyclic) bond motifs is 2. The molecule has 2 unspecified atom stereocenters. The van der Waals surface area contributed by atoms with Crippen LogP contribution in [0, 0.1) is 3.57 Å². The van der Waals surface area contributed by atoms with Crippen molar-refractivity contribution in [3.05, 3.63) is 27.8 Å². The van der Waals surface area contributed by atoms with Gasteiger partial charge in [-0.2, -0.15) is 0 Å². The van der Waals surface area contributed by atoms with Crippen molar-refractivity contribution >= 4 is 34.1 Å². The van der Waals surface area contributed by atoms with Crippen LogP contribution in [0.2, 0.25) is 0 Å². The summed E-state index contributed by atoms with van der Waals surface area (Å²) in [6.07, 6.45) is 5.14. The van der Waals surface area contributed by atoms with Gasteiger partial charge in [-0.15, -0.1) is 0 Å². The molecule has 0 aliphatic carbocycles. The minimum Gasteiger partial charge on any atom is -0.365 e. The maximum absolute atomic E-state index is 11.7. The summed E-state index contributed by atoms with van der Waals surface area (Å²) in [7, 11) is 0. The number of anilines is 1. The number of piperidine rings is 2. The second-order valence-corrected chi connectivity index (χ2v) is 6.31. The van der Waals surface area contributed by atoms with Gasteiger partial charge in [-0.25, -0.2) is 0 Å². The highest BCUT2D eigenvalue weighted by molar-refractivity contribution is 14.1. The second kappa shape index (κ2) is 4.59. The molecule has 90 valence electrons. The first-order chi connectivity index (χ1) is 8.24. The molecule has 0 aromatic heterocycles. The number of ketones is 1. The zero-order valence-corrected chi connectivity index (χ0v) is 11.9. The second-order valence-electron chi connectivity index (χ2n) is 5.07. The van der Waals surface area contributed by atoms with Gasteiger partial charge in [0.2, 0.25) is 0 Å². The van der Waals surface area contributed by atoms with E-state index in [1.165, 1.54) is 28.5 Å². The summed E-state index contributed by atoms with van der Waals surface area (Å²) in [5, 5.41) is 0. The molecule has 2 nitrogen and oxygen atoms in total. The first-order valence-corrected chi connectivity index (χ1v) is 7.37. The van der Waals surface area contributed by atoms with E-state index in [0.29, 0.717) is 17.9 Å². The maximum atomic E-state index is 11.7. The molecule has 2 aliphatic heterocycles. The van der Waals surface area contributed by atoms with E-state index in [-0.39, 0.29) is 0 Å². The predicted octanol–water partition coefficient (Wildman–Crippen LogP) is 3.38. The van der Waals surface area contributed by atoms with E-state index < -0.39 is 0 Å². The Hall–Kier alpha value is -0.580. The number of Topliss-reactive ketones (excluding diaryl/α,β-unsaturated/α-hetero) is 1. The van der Waals surface area contributed by atoms with Crippen molar-refractivity contribution in [2.45, 2.75) is 44.2 Å². The Morgan fingerprint density at radius 1 is 1.06 bits per heavy atom. The van der Waals surface area contributed by atoms with Crippen LogP contribution >= 0.6 is 22.6 Å². The SMILES string of the molecule is O=C1CC2CCCC(C1)N2c1ccc(I)cc1. The molecule has 2 fully saturated rings. The number of benzene rings is 1. The van der Waals surface area contributed by atoms with Crippen molar-refractivity contribution < 1.29 is 4.79 Å². The molecule has 1 aromatic rings. The van der Waals surface area contributed by atoms with Crippen LogP contribution < -0.4 is 4.90 Å². The number of carbonyl (C=O) groups excluding carboxylic acids is 1. The number of nitrogens with zero attached hydrogens (tertiary/aromatic N) is 1. The van der Waals surface area contributed by atoms with Crippen LogP contribution in [0.15, 0.2) is 24.3 Å². The van der Waals surface area contributed by atoms with Crippen LogP contribution in [-0.4, -0.2) is 17.9 Å². The van der Waals surface area contributed by atoms with Crippen molar-refractivity contribution in [3.63, 3.8) is 0 Å². The van der Waals surface area contributed by atoms with E-state index >= 15 is 0 Å². The topological polar surface area (TPSA) is 20.3 Å². The summed E-state index contributed by atoms with van der Waals surface area (Å²) in [6.45, 7) is 0. The molecule has 1 aromatic carbocycles. The van der Waals surface area contributed by atoms with E-state index in [9.17, 15) is 4.79 Å². The summed E-state index contributed by atoms with van der Waals surface area (Å²) in [6, 6.07) is 9.61. The van der Waals surface area contributed by atoms with Gasteiger partial charge in [0.25, 0.3) is 0 Å². The van der Waals surface area contributed by atoms with Crippen molar-refractivity contribution in [1.82, 2.24) is 0 Å². The Morgan fingerprint density at radius 3 is 2.24 bits per heavy atom. The fourth-order valence-electron chi connectivity index (χ4n) is 3.21. The van der Waals surface area contributed by atoms with Crippen LogP contribution in [0.4, 0.5) is 5.69 Å². The van der Waals surface area contributed by atoms with Gasteiger partial charge in [0.15, 0.2) is 0 Å². The van der Waals surface area contributed by atoms with E-state index in [0.717, 1.165) is 12.8 Å². The lowest BCUT2D eigenvalue weighted by Gasteiger charge is -2.47. The number of carbonyl (C=O) groups is 1. The van der Waals surface area contributed by atoms with Gasteiger partial charge < -0.3 is 4.90 Å². The van der Waals surface area contributed by atoms with Crippen LogP contribution in [0.1, 0.15) is 32.1 Å². The molecule has 3 heteroatoms. The molecular weight excluding hydrogens is 325 g/mol. The third-order valence-corrected chi connectivity index (χ3v) is 4.63. The third-order valence-electron chi connectivity index (χ3n) is 3.91. The smallest absolute Gasteiger partial charge is 0.137 e. The zero-order valence-electron chi connectivity index (χ0n) is 9.73. The Bertz CT molecular complexity index is 412. The van der Waals surface area contributed by atoms with Crippen molar-refractivity contribution in [2.75, 3.05) is 4.90 Å². The van der Waals surface area contributed by atoms with Crippen molar-refractivity contribution in [3.8, 4) is 0 Å². The quantitative estimate of drug-likeness (QED) is 0.730. The van der Waals surface area contributed by atoms with Crippen molar-refractivity contribution in [2.24, 2.45) is 0 Å². The summed E-state index contributed by atoms with van der Waals surface area (Å²) in [4.78, 5) is 14.2. The summed E-state index contributed by atoms with van der Waals surface area (Å²) in [5.74, 6) is 0.460. The van der Waals surface area contributed by atoms with Crippen molar-refractivity contribution in [1.29, 1.82) is 0 Å². The number of rotatable bonds is 1. The highest BCUT2D eigenvalue weighted by atomic mass is 127. The average Bonchev–Trinajstić information content (AvgIpc) is 2.29. The lowest BCUT2D eigenvalue weighted by molar-refractivity contribution is -0.121. The Balaban J connectivity index is 1.91. The lowest BCUT2D eigenvalue weighted by atomic mass is 9.83. The zero-order chi connectivity index (χ0) is 11.8. The molecule has 0 radical (unpaired) electrons. The summed E-state index contributed by atoms with van der Waals surface area (Å²) < 4.78 is 1.27. The molecular formula is C14H16INO. The van der Waals surface area contributed by atoms with E-state index in [2.05, 4.69) is 51.8 Å². The number of hydrogen-bond donors (Lipinski definition) is 0. The fraction of sp³-hybridized carbons (Fsp3) is 0.500. The third kappa shape index (κ3) is 2.21. The molecule has 17 heavy (non-hydrogen) atoms. The van der Waals surface area contributed by atoms with Crippen LogP contribution in [-0.2, 0) is 4.79 Å². The Kier molecular flexibility index (Phi) is 3.11. The van der Waals surface area contributed by atoms with Gasteiger partial charge in [0, 0.05) is 34.2 Å². The average molecular weight is 341 g/mol. The summed E-state index contributed by atoms with van der Waals surface area (Å²) in [5.41, 5.74) is 1.30. The minimum atomic E-state index is 0.454. The maximum Gasteiger partial charge on any atom is 0.137 e. The highest BCUT2D eigenvalue weighted by Crippen LogP contribution is 2.36. The van der Waals surface area contributed by atoms with E-state index in [4.69, 9.17) is 0 Å². The molecule has 2 bridgehead atoms. The largest absolute Gasteiger partial charge is 0.365 e. The van der Waals surface area contributed by atoms with Gasteiger partial charge in [0.1, 0.15) is 5.78 Å². The lowest BCUT2D eigenvalue weighted by Crippen LogP contribution is -2.52. The van der Waals surface area contributed by atoms with Gasteiger partial charge >= 0.3 is 0 Å². The van der Waals surface area contributed by atoms with Gasteiger partial charge in [-0.05, 0) is 66.1 Å². The normalized spacial score (nSPS) is 28.3. The number of halogens is 1. The van der Waals surface area contributed by atoms with Crippen LogP contribution in [0.25, 0.3) is 0 Å². The molecule has 0 N–H and O–H groups in total. The monoisotopic (exact) mass is 341 g/mol. The fourth-order valence-corrected chi connectivity index (χ4v) is 3.57. The first kappa shape index (κ1) is 11.5. The van der Waals surface area contributed by atoms with Gasteiger partial charge in [-0.3, -0.25) is 4.79 Å². The van der Waals surface area contributed by atoms with Gasteiger partial charge in [0.05, 0.1) is 0 Å². The molecule has 2 atom stereocenters. The number of hydrogen-bond acceptors (Lipinski definition) is 2. The molecule has 3 rings (SSSR count). The standard InChI is InChI=1S/C14H16INO/c15-10-4-6-11(7-5-10)16-12-2-1-3-13(16)9-14(17)8-12/h4-7,12-13H,1-3,8-9H2. The first-order valence-electron chi connectivity index (χ1n) is 6.29. The molecule has 2 heterocycles. The van der Waals surface area contributed by atoms with E-state index in [1.807, 2.05) is 0 Å². The van der Waals surface area contributed by atoms with Gasteiger partial charge in [-0.1, -0.05) is 0 Å². The minimum absolute atomic E-state index is 0.454. The Labute approximate surface area is 116 Å². The Morgan fingerprint density at radius 2 is 1.65 bits per heavy atom. The molecule has 0 saturated carbocycles. The van der Waals surface area contributed by atoms with Crippen LogP contribution in [0.5, 0.6) is 0 Å². The highest BCUT2D eigenvalue weighted by Gasteiger charge is 2.37. The molecule has 2 saturated heterocycles. The molecule has 0 spiro atoms. The molecule has 2 aliphatic rings. The summed E-state index contributed by atoms with van der Waals surface area (Å²) >= 11 is 2.33. The van der Waals surface area contributed by atoms with Crippen LogP contribution in [0.3, 0.4) is 0 Å². The predicted molar refractivity (Wildman–Crippen MR) is 77.3 cm³/mol.